The van der Waals surface area contributed by atoms with E-state index >= 15 is 0 Å². The molecule has 1 amide bonds. The zero-order chi connectivity index (χ0) is 15.7. The van der Waals surface area contributed by atoms with Crippen LogP contribution in [0.2, 0.25) is 0 Å². The topological polar surface area (TPSA) is 41.6 Å². The molecule has 2 aliphatic rings. The number of nitrogens with one attached hydrogen (secondary N) is 1. The van der Waals surface area contributed by atoms with Crippen LogP contribution in [0.25, 0.3) is 0 Å². The van der Waals surface area contributed by atoms with E-state index in [1.165, 1.54) is 12.1 Å². The number of piperidine rings is 1. The van der Waals surface area contributed by atoms with Crippen LogP contribution in [0.5, 0.6) is 0 Å². The molecule has 22 heavy (non-hydrogen) atoms. The highest BCUT2D eigenvalue weighted by atomic mass is 19.1. The van der Waals surface area contributed by atoms with Crippen molar-refractivity contribution in [3.8, 4) is 0 Å². The van der Waals surface area contributed by atoms with Crippen LogP contribution in [-0.4, -0.2) is 36.8 Å². The van der Waals surface area contributed by atoms with E-state index in [2.05, 4.69) is 5.32 Å². The molecule has 120 valence electrons. The van der Waals surface area contributed by atoms with Crippen molar-refractivity contribution in [1.29, 1.82) is 0 Å². The molecule has 2 saturated heterocycles. The Balaban J connectivity index is 1.81. The monoisotopic (exact) mass is 314 g/mol. The molecule has 1 aromatic rings. The zero-order valence-electron chi connectivity index (χ0n) is 11.9. The molecule has 0 aromatic heterocycles. The molecule has 0 saturated carbocycles. The largest absolute Gasteiger partial charge is 0.314 e. The number of alkyl halides is 1. The Bertz CT molecular complexity index is 549. The number of hydrogen-bond donors (Lipinski definition) is 1. The van der Waals surface area contributed by atoms with Crippen molar-refractivity contribution in [2.45, 2.75) is 25.1 Å². The van der Waals surface area contributed by atoms with E-state index in [-0.39, 0.29) is 13.2 Å². The van der Waals surface area contributed by atoms with Crippen molar-refractivity contribution in [3.05, 3.63) is 35.4 Å². The predicted molar refractivity (Wildman–Crippen MR) is 72.4 cm³/mol. The number of hydrogen-bond acceptors (Lipinski definition) is 3. The lowest BCUT2D eigenvalue weighted by atomic mass is 9.94. The first-order valence-corrected chi connectivity index (χ1v) is 7.33. The van der Waals surface area contributed by atoms with E-state index in [0.29, 0.717) is 24.9 Å². The number of amides is 1. The lowest BCUT2D eigenvalue weighted by Crippen LogP contribution is -2.46. The Kier molecular flexibility index (Phi) is 4.35. The van der Waals surface area contributed by atoms with Crippen LogP contribution in [-0.2, 0) is 9.63 Å². The van der Waals surface area contributed by atoms with Gasteiger partial charge in [-0.3, -0.25) is 9.63 Å². The average Bonchev–Trinajstić information content (AvgIpc) is 2.95. The maximum Gasteiger partial charge on any atom is 0.252 e. The lowest BCUT2D eigenvalue weighted by molar-refractivity contribution is -0.184. The second-order valence-electron chi connectivity index (χ2n) is 5.62. The summed E-state index contributed by atoms with van der Waals surface area (Å²) < 4.78 is 40.7. The van der Waals surface area contributed by atoms with E-state index in [1.807, 2.05) is 0 Å². The van der Waals surface area contributed by atoms with Gasteiger partial charge in [0.05, 0.1) is 18.6 Å². The van der Waals surface area contributed by atoms with Gasteiger partial charge < -0.3 is 5.32 Å². The number of benzene rings is 1. The summed E-state index contributed by atoms with van der Waals surface area (Å²) in [5.41, 5.74) is 0.327. The molecule has 4 nitrogen and oxygen atoms in total. The predicted octanol–water partition coefficient (Wildman–Crippen LogP) is 2.12. The van der Waals surface area contributed by atoms with Crippen molar-refractivity contribution in [2.24, 2.45) is 5.92 Å². The average molecular weight is 314 g/mol. The smallest absolute Gasteiger partial charge is 0.252 e. The molecule has 0 spiro atoms. The molecular weight excluding hydrogens is 297 g/mol. The van der Waals surface area contributed by atoms with Gasteiger partial charge in [0, 0.05) is 19.0 Å². The Morgan fingerprint density at radius 2 is 1.95 bits per heavy atom. The van der Waals surface area contributed by atoms with Gasteiger partial charge in [-0.1, -0.05) is 0 Å². The normalized spacial score (nSPS) is 28.9. The summed E-state index contributed by atoms with van der Waals surface area (Å²) in [7, 11) is 0. The molecule has 3 atom stereocenters. The summed E-state index contributed by atoms with van der Waals surface area (Å²) in [4.78, 5) is 17.8. The first-order valence-electron chi connectivity index (χ1n) is 7.33. The van der Waals surface area contributed by atoms with E-state index in [0.717, 1.165) is 11.1 Å². The van der Waals surface area contributed by atoms with Gasteiger partial charge in [0.1, 0.15) is 17.8 Å². The summed E-state index contributed by atoms with van der Waals surface area (Å²) in [5.74, 6) is -2.65. The number of carbonyl (C=O) groups excluding carboxylic acids is 1. The van der Waals surface area contributed by atoms with Crippen molar-refractivity contribution in [3.63, 3.8) is 0 Å². The van der Waals surface area contributed by atoms with Gasteiger partial charge in [0.15, 0.2) is 0 Å². The highest BCUT2D eigenvalue weighted by Gasteiger charge is 2.40. The van der Waals surface area contributed by atoms with Gasteiger partial charge in [0.25, 0.3) is 5.91 Å². The Hall–Kier alpha value is -1.60. The molecule has 1 N–H and O–H groups in total. The second kappa shape index (κ2) is 6.26. The standard InChI is InChI=1S/C15H17F3N2O2/c16-10-5-9(6-11(17)7-10)14-2-4-22-20(14)15(21)12-1-3-19-8-13(12)18/h5-7,12-14,19H,1-4,8H2/t12?,13-,14-/m0/s1. The molecule has 7 heteroatoms. The quantitative estimate of drug-likeness (QED) is 0.909. The summed E-state index contributed by atoms with van der Waals surface area (Å²) in [5, 5.41) is 3.98. The van der Waals surface area contributed by atoms with Crippen LogP contribution in [0.1, 0.15) is 24.4 Å². The molecule has 2 fully saturated rings. The molecule has 0 radical (unpaired) electrons. The molecule has 1 unspecified atom stereocenters. The van der Waals surface area contributed by atoms with Crippen molar-refractivity contribution >= 4 is 5.91 Å². The van der Waals surface area contributed by atoms with Crippen LogP contribution in [0.4, 0.5) is 13.2 Å². The molecule has 2 heterocycles. The minimum atomic E-state index is -1.28. The number of hydroxylamine groups is 2. The van der Waals surface area contributed by atoms with Crippen molar-refractivity contribution < 1.29 is 22.8 Å². The lowest BCUT2D eigenvalue weighted by Gasteiger charge is -2.31. The van der Waals surface area contributed by atoms with Crippen LogP contribution < -0.4 is 5.32 Å². The first-order chi connectivity index (χ1) is 10.6. The summed E-state index contributed by atoms with van der Waals surface area (Å²) in [6.07, 6.45) is -0.476. The molecule has 0 bridgehead atoms. The summed E-state index contributed by atoms with van der Waals surface area (Å²) >= 11 is 0. The molecular formula is C15H17F3N2O2. The van der Waals surface area contributed by atoms with E-state index < -0.39 is 35.7 Å². The first kappa shape index (κ1) is 15.3. The van der Waals surface area contributed by atoms with Gasteiger partial charge >= 0.3 is 0 Å². The highest BCUT2D eigenvalue weighted by Crippen LogP contribution is 2.34. The third-order valence-corrected chi connectivity index (χ3v) is 4.12. The van der Waals surface area contributed by atoms with Crippen LogP contribution in [0.15, 0.2) is 18.2 Å². The van der Waals surface area contributed by atoms with E-state index in [9.17, 15) is 18.0 Å². The molecule has 1 aromatic carbocycles. The van der Waals surface area contributed by atoms with Gasteiger partial charge in [0.2, 0.25) is 0 Å². The third kappa shape index (κ3) is 2.96. The van der Waals surface area contributed by atoms with E-state index in [4.69, 9.17) is 4.84 Å². The number of nitrogens with zero attached hydrogens (tertiary/aromatic N) is 1. The van der Waals surface area contributed by atoms with Crippen molar-refractivity contribution in [2.75, 3.05) is 19.7 Å². The molecule has 2 aliphatic heterocycles. The summed E-state index contributed by atoms with van der Waals surface area (Å²) in [6.45, 7) is 0.948. The molecule has 0 aliphatic carbocycles. The highest BCUT2D eigenvalue weighted by molar-refractivity contribution is 5.79. The minimum Gasteiger partial charge on any atom is -0.314 e. The van der Waals surface area contributed by atoms with Crippen LogP contribution >= 0.6 is 0 Å². The van der Waals surface area contributed by atoms with Gasteiger partial charge in [-0.2, -0.15) is 0 Å². The van der Waals surface area contributed by atoms with Gasteiger partial charge in [-0.05, 0) is 30.7 Å². The minimum absolute atomic E-state index is 0.128. The number of carbonyl (C=O) groups is 1. The van der Waals surface area contributed by atoms with Crippen LogP contribution in [0.3, 0.4) is 0 Å². The SMILES string of the molecule is O=C(C1CCNC[C@@H]1F)N1OCC[C@H]1c1cc(F)cc(F)c1. The number of rotatable bonds is 2. The fourth-order valence-corrected chi connectivity index (χ4v) is 3.02. The number of halogens is 3. The molecule has 3 rings (SSSR count). The third-order valence-electron chi connectivity index (χ3n) is 4.12. The fourth-order valence-electron chi connectivity index (χ4n) is 3.02. The Morgan fingerprint density at radius 1 is 1.23 bits per heavy atom. The van der Waals surface area contributed by atoms with Crippen LogP contribution in [0, 0.1) is 17.6 Å². The fraction of sp³-hybridized carbons (Fsp3) is 0.533. The van der Waals surface area contributed by atoms with Gasteiger partial charge in [-0.25, -0.2) is 18.2 Å². The van der Waals surface area contributed by atoms with E-state index in [1.54, 1.807) is 0 Å². The van der Waals surface area contributed by atoms with Crippen molar-refractivity contribution in [1.82, 2.24) is 10.4 Å². The maximum atomic E-state index is 13.9. The maximum absolute atomic E-state index is 13.9. The Morgan fingerprint density at radius 3 is 2.64 bits per heavy atom. The van der Waals surface area contributed by atoms with Gasteiger partial charge in [-0.15, -0.1) is 0 Å². The second-order valence-corrected chi connectivity index (χ2v) is 5.62. The summed E-state index contributed by atoms with van der Waals surface area (Å²) in [6, 6.07) is 2.55. The Labute approximate surface area is 126 Å². The zero-order valence-corrected chi connectivity index (χ0v) is 11.9.